The summed E-state index contributed by atoms with van der Waals surface area (Å²) in [5.41, 5.74) is 1.18. The van der Waals surface area contributed by atoms with Crippen LogP contribution in [-0.2, 0) is 13.0 Å². The number of nitrogens with zero attached hydrogens (tertiary/aromatic N) is 4. The molecule has 0 saturated carbocycles. The van der Waals surface area contributed by atoms with Gasteiger partial charge in [-0.15, -0.1) is 10.2 Å². The highest BCUT2D eigenvalue weighted by molar-refractivity contribution is 5.17. The van der Waals surface area contributed by atoms with E-state index < -0.39 is 0 Å². The first-order chi connectivity index (χ1) is 12.2. The number of benzene rings is 1. The van der Waals surface area contributed by atoms with Crippen molar-refractivity contribution in [3.63, 3.8) is 0 Å². The Morgan fingerprint density at radius 2 is 1.88 bits per heavy atom. The Balaban J connectivity index is 1.45. The van der Waals surface area contributed by atoms with E-state index in [1.807, 2.05) is 18.2 Å². The van der Waals surface area contributed by atoms with Gasteiger partial charge in [0.15, 0.2) is 0 Å². The van der Waals surface area contributed by atoms with Gasteiger partial charge >= 0.3 is 0 Å². The maximum Gasteiger partial charge on any atom is 0.230 e. The van der Waals surface area contributed by atoms with Gasteiger partial charge in [-0.1, -0.05) is 30.3 Å². The van der Waals surface area contributed by atoms with Crippen molar-refractivity contribution in [3.05, 3.63) is 47.7 Å². The van der Waals surface area contributed by atoms with Gasteiger partial charge in [-0.25, -0.2) is 0 Å². The Kier molecular flexibility index (Phi) is 6.55. The summed E-state index contributed by atoms with van der Waals surface area (Å²) in [6.07, 6.45) is 3.83. The van der Waals surface area contributed by atoms with Crippen molar-refractivity contribution in [2.24, 2.45) is 0 Å². The molecule has 0 spiro atoms. The van der Waals surface area contributed by atoms with Crippen molar-refractivity contribution in [1.82, 2.24) is 20.0 Å². The molecular weight excluding hydrogens is 316 g/mol. The molecule has 1 saturated heterocycles. The van der Waals surface area contributed by atoms with Gasteiger partial charge in [-0.05, 0) is 31.9 Å². The highest BCUT2D eigenvalue weighted by atomic mass is 16.4. The topological polar surface area (TPSA) is 65.6 Å². The monoisotopic (exact) mass is 344 g/mol. The predicted molar refractivity (Wildman–Crippen MR) is 96.2 cm³/mol. The summed E-state index contributed by atoms with van der Waals surface area (Å²) < 4.78 is 5.82. The van der Waals surface area contributed by atoms with Crippen molar-refractivity contribution in [1.29, 1.82) is 0 Å². The lowest BCUT2D eigenvalue weighted by atomic mass is 10.0. The minimum atomic E-state index is 0.270. The molecule has 1 aromatic carbocycles. The van der Waals surface area contributed by atoms with Gasteiger partial charge in [0.1, 0.15) is 0 Å². The average Bonchev–Trinajstić information content (AvgIpc) is 3.08. The van der Waals surface area contributed by atoms with Gasteiger partial charge in [0.25, 0.3) is 0 Å². The summed E-state index contributed by atoms with van der Waals surface area (Å²) in [6, 6.07) is 10.8. The maximum absolute atomic E-state index is 8.96. The van der Waals surface area contributed by atoms with Crippen LogP contribution in [-0.4, -0.2) is 64.4 Å². The Morgan fingerprint density at radius 1 is 1.16 bits per heavy atom. The van der Waals surface area contributed by atoms with Crippen LogP contribution >= 0.6 is 0 Å². The number of rotatable bonds is 8. The van der Waals surface area contributed by atoms with E-state index in [0.717, 1.165) is 45.4 Å². The smallest absolute Gasteiger partial charge is 0.230 e. The quantitative estimate of drug-likeness (QED) is 0.789. The van der Waals surface area contributed by atoms with Crippen LogP contribution in [0.15, 0.2) is 34.7 Å². The number of aliphatic hydroxyl groups is 1. The molecule has 0 bridgehead atoms. The Morgan fingerprint density at radius 3 is 2.60 bits per heavy atom. The van der Waals surface area contributed by atoms with E-state index >= 15 is 0 Å². The van der Waals surface area contributed by atoms with Crippen LogP contribution in [0, 0.1) is 0 Å². The molecular formula is C19H28N4O2. The average molecular weight is 344 g/mol. The minimum Gasteiger partial charge on any atom is -0.424 e. The zero-order valence-corrected chi connectivity index (χ0v) is 15.0. The second kappa shape index (κ2) is 9.08. The fourth-order valence-corrected chi connectivity index (χ4v) is 3.41. The van der Waals surface area contributed by atoms with Crippen LogP contribution in [0.4, 0.5) is 0 Å². The molecule has 0 unspecified atom stereocenters. The molecule has 0 radical (unpaired) electrons. The molecule has 25 heavy (non-hydrogen) atoms. The predicted octanol–water partition coefficient (Wildman–Crippen LogP) is 1.94. The van der Waals surface area contributed by atoms with E-state index in [2.05, 4.69) is 39.2 Å². The molecule has 3 rings (SSSR count). The second-order valence-corrected chi connectivity index (χ2v) is 6.82. The zero-order valence-electron chi connectivity index (χ0n) is 15.0. The number of aromatic nitrogens is 2. The minimum absolute atomic E-state index is 0.270. The third-order valence-electron chi connectivity index (χ3n) is 4.92. The number of aliphatic hydroxyl groups excluding tert-OH is 1. The van der Waals surface area contributed by atoms with Crippen LogP contribution in [0.5, 0.6) is 0 Å². The second-order valence-electron chi connectivity index (χ2n) is 6.82. The number of piperidine rings is 1. The highest BCUT2D eigenvalue weighted by Crippen LogP contribution is 2.18. The molecule has 1 N–H and O–H groups in total. The maximum atomic E-state index is 8.96. The first-order valence-electron chi connectivity index (χ1n) is 9.13. The van der Waals surface area contributed by atoms with Crippen molar-refractivity contribution in [2.75, 3.05) is 33.3 Å². The number of hydrogen-bond acceptors (Lipinski definition) is 6. The van der Waals surface area contributed by atoms with Crippen LogP contribution in [0.3, 0.4) is 0 Å². The summed E-state index contributed by atoms with van der Waals surface area (Å²) in [5.74, 6) is 1.39. The third-order valence-corrected chi connectivity index (χ3v) is 4.92. The SMILES string of the molecule is CN(CCCO)C1CCN(Cc2nnc(Cc3ccccc3)o2)CC1. The van der Waals surface area contributed by atoms with E-state index in [4.69, 9.17) is 9.52 Å². The fourth-order valence-electron chi connectivity index (χ4n) is 3.41. The Bertz CT molecular complexity index is 623. The highest BCUT2D eigenvalue weighted by Gasteiger charge is 2.23. The van der Waals surface area contributed by atoms with Crippen molar-refractivity contribution < 1.29 is 9.52 Å². The molecule has 1 aliphatic rings. The summed E-state index contributed by atoms with van der Waals surface area (Å²) in [5, 5.41) is 17.3. The van der Waals surface area contributed by atoms with E-state index in [1.165, 1.54) is 5.56 Å². The molecule has 2 heterocycles. The molecule has 1 aromatic heterocycles. The molecule has 136 valence electrons. The van der Waals surface area contributed by atoms with Gasteiger partial charge in [0.2, 0.25) is 11.8 Å². The van der Waals surface area contributed by atoms with Crippen molar-refractivity contribution in [3.8, 4) is 0 Å². The van der Waals surface area contributed by atoms with Crippen molar-refractivity contribution in [2.45, 2.75) is 38.3 Å². The summed E-state index contributed by atoms with van der Waals surface area (Å²) in [7, 11) is 2.16. The molecule has 0 atom stereocenters. The Labute approximate surface area is 149 Å². The summed E-state index contributed by atoms with van der Waals surface area (Å²) >= 11 is 0. The summed E-state index contributed by atoms with van der Waals surface area (Å²) in [6.45, 7) is 4.06. The van der Waals surface area contributed by atoms with Crippen LogP contribution in [0.2, 0.25) is 0 Å². The molecule has 0 amide bonds. The zero-order chi connectivity index (χ0) is 17.5. The van der Waals surface area contributed by atoms with Crippen LogP contribution < -0.4 is 0 Å². The molecule has 2 aromatic rings. The third kappa shape index (κ3) is 5.36. The van der Waals surface area contributed by atoms with E-state index in [1.54, 1.807) is 0 Å². The van der Waals surface area contributed by atoms with Crippen LogP contribution in [0.25, 0.3) is 0 Å². The molecule has 6 heteroatoms. The molecule has 6 nitrogen and oxygen atoms in total. The fraction of sp³-hybridized carbons (Fsp3) is 0.579. The number of likely N-dealkylation sites (tertiary alicyclic amines) is 1. The normalized spacial score (nSPS) is 16.6. The lowest BCUT2D eigenvalue weighted by Crippen LogP contribution is -2.43. The molecule has 0 aliphatic carbocycles. The van der Waals surface area contributed by atoms with Crippen molar-refractivity contribution >= 4 is 0 Å². The first kappa shape index (κ1) is 18.0. The first-order valence-corrected chi connectivity index (χ1v) is 9.13. The van der Waals surface area contributed by atoms with E-state index in [0.29, 0.717) is 24.2 Å². The van der Waals surface area contributed by atoms with E-state index in [9.17, 15) is 0 Å². The van der Waals surface area contributed by atoms with Gasteiger partial charge in [0.05, 0.1) is 13.0 Å². The number of hydrogen-bond donors (Lipinski definition) is 1. The van der Waals surface area contributed by atoms with E-state index in [-0.39, 0.29) is 6.61 Å². The lowest BCUT2D eigenvalue weighted by Gasteiger charge is -2.36. The summed E-state index contributed by atoms with van der Waals surface area (Å²) in [4.78, 5) is 4.76. The standard InChI is InChI=1S/C19H28N4O2/c1-22(10-5-13-24)17-8-11-23(12-9-17)15-19-21-20-18(25-19)14-16-6-3-2-4-7-16/h2-4,6-7,17,24H,5,8-15H2,1H3. The Hall–Kier alpha value is -1.76. The van der Waals surface area contributed by atoms with Gasteiger partial charge < -0.3 is 14.4 Å². The van der Waals surface area contributed by atoms with Gasteiger partial charge in [-0.3, -0.25) is 4.90 Å². The lowest BCUT2D eigenvalue weighted by molar-refractivity contribution is 0.111. The van der Waals surface area contributed by atoms with Gasteiger partial charge in [-0.2, -0.15) is 0 Å². The van der Waals surface area contributed by atoms with Crippen LogP contribution in [0.1, 0.15) is 36.6 Å². The molecule has 1 fully saturated rings. The largest absolute Gasteiger partial charge is 0.424 e. The van der Waals surface area contributed by atoms with Gasteiger partial charge in [0, 0.05) is 32.3 Å². The molecule has 1 aliphatic heterocycles.